The van der Waals surface area contributed by atoms with Crippen molar-refractivity contribution < 1.29 is 9.53 Å². The van der Waals surface area contributed by atoms with Gasteiger partial charge < -0.3 is 4.74 Å². The van der Waals surface area contributed by atoms with Crippen molar-refractivity contribution in [2.45, 2.75) is 20.3 Å². The average Bonchev–Trinajstić information content (AvgIpc) is 2.41. The normalized spacial score (nSPS) is 10.3. The molecular formula is C16H15BrO2. The highest BCUT2D eigenvalue weighted by Gasteiger charge is 2.06. The summed E-state index contributed by atoms with van der Waals surface area (Å²) in [5, 5.41) is 0. The minimum absolute atomic E-state index is 0.123. The molecule has 0 aliphatic carbocycles. The predicted octanol–water partition coefficient (Wildman–Crippen LogP) is 5.14. The fourth-order valence-electron chi connectivity index (χ4n) is 1.79. The summed E-state index contributed by atoms with van der Waals surface area (Å²) in [6, 6.07) is 13.1. The number of rotatable bonds is 4. The Morgan fingerprint density at radius 2 is 2.00 bits per heavy atom. The molecule has 0 fully saturated rings. The molecular weight excluding hydrogens is 304 g/mol. The molecule has 0 aliphatic heterocycles. The summed E-state index contributed by atoms with van der Waals surface area (Å²) in [5.74, 6) is 1.60. The third-order valence-electron chi connectivity index (χ3n) is 2.84. The van der Waals surface area contributed by atoms with Crippen molar-refractivity contribution in [3.05, 3.63) is 58.1 Å². The van der Waals surface area contributed by atoms with Crippen LogP contribution in [0.15, 0.2) is 46.9 Å². The lowest BCUT2D eigenvalue weighted by molar-refractivity contribution is 0.0988. The Morgan fingerprint density at radius 3 is 2.68 bits per heavy atom. The van der Waals surface area contributed by atoms with Gasteiger partial charge in [0, 0.05) is 16.5 Å². The van der Waals surface area contributed by atoms with Crippen LogP contribution in [0.2, 0.25) is 0 Å². The molecule has 0 bridgehead atoms. The molecule has 2 rings (SSSR count). The maximum atomic E-state index is 11.7. The Kier molecular flexibility index (Phi) is 4.38. The van der Waals surface area contributed by atoms with Gasteiger partial charge in [0.1, 0.15) is 11.5 Å². The van der Waals surface area contributed by atoms with E-state index in [2.05, 4.69) is 15.9 Å². The van der Waals surface area contributed by atoms with Crippen molar-refractivity contribution in [1.29, 1.82) is 0 Å². The molecule has 0 aliphatic rings. The van der Waals surface area contributed by atoms with E-state index in [1.165, 1.54) is 0 Å². The van der Waals surface area contributed by atoms with Crippen molar-refractivity contribution in [2.24, 2.45) is 0 Å². The molecule has 19 heavy (non-hydrogen) atoms. The largest absolute Gasteiger partial charge is 0.457 e. The number of ketones is 1. The van der Waals surface area contributed by atoms with E-state index in [0.717, 1.165) is 15.8 Å². The van der Waals surface area contributed by atoms with Gasteiger partial charge in [0.25, 0.3) is 0 Å². The molecule has 2 aromatic carbocycles. The van der Waals surface area contributed by atoms with Gasteiger partial charge in [0.15, 0.2) is 5.78 Å². The number of hydrogen-bond acceptors (Lipinski definition) is 2. The molecule has 2 nitrogen and oxygen atoms in total. The number of Topliss-reactive ketones (excluding diaryl/α,β-unsaturated/α-hetero) is 1. The molecule has 2 aromatic rings. The lowest BCUT2D eigenvalue weighted by atomic mass is 10.1. The van der Waals surface area contributed by atoms with E-state index in [9.17, 15) is 4.79 Å². The minimum Gasteiger partial charge on any atom is -0.457 e. The Hall–Kier alpha value is -1.61. The van der Waals surface area contributed by atoms with Gasteiger partial charge in [-0.2, -0.15) is 0 Å². The van der Waals surface area contributed by atoms with Gasteiger partial charge in [-0.05, 0) is 42.8 Å². The molecule has 0 heterocycles. The summed E-state index contributed by atoms with van der Waals surface area (Å²) in [6.07, 6.45) is 0.501. The first-order chi connectivity index (χ1) is 9.10. The second-order valence-electron chi connectivity index (χ2n) is 4.32. The molecule has 0 radical (unpaired) electrons. The molecule has 0 atom stereocenters. The summed E-state index contributed by atoms with van der Waals surface area (Å²) in [5.41, 5.74) is 1.73. The van der Waals surface area contributed by atoms with E-state index in [4.69, 9.17) is 4.74 Å². The first kappa shape index (κ1) is 13.8. The molecule has 98 valence electrons. The third-order valence-corrected chi connectivity index (χ3v) is 3.34. The van der Waals surface area contributed by atoms with Crippen molar-refractivity contribution in [3.8, 4) is 11.5 Å². The van der Waals surface area contributed by atoms with Gasteiger partial charge in [-0.15, -0.1) is 0 Å². The Bertz CT molecular complexity index is 605. The zero-order chi connectivity index (χ0) is 13.8. The zero-order valence-corrected chi connectivity index (χ0v) is 12.5. The molecule has 0 unspecified atom stereocenters. The fourth-order valence-corrected chi connectivity index (χ4v) is 2.27. The summed E-state index contributed by atoms with van der Waals surface area (Å²) in [4.78, 5) is 11.7. The lowest BCUT2D eigenvalue weighted by Crippen LogP contribution is -1.96. The van der Waals surface area contributed by atoms with Gasteiger partial charge in [-0.25, -0.2) is 0 Å². The highest BCUT2D eigenvalue weighted by atomic mass is 79.9. The van der Waals surface area contributed by atoms with Gasteiger partial charge >= 0.3 is 0 Å². The van der Waals surface area contributed by atoms with Gasteiger partial charge in [0.05, 0.1) is 0 Å². The van der Waals surface area contributed by atoms with Crippen LogP contribution in [0.5, 0.6) is 11.5 Å². The molecule has 0 amide bonds. The van der Waals surface area contributed by atoms with Crippen molar-refractivity contribution in [2.75, 3.05) is 0 Å². The summed E-state index contributed by atoms with van der Waals surface area (Å²) in [7, 11) is 0. The van der Waals surface area contributed by atoms with E-state index < -0.39 is 0 Å². The number of carbonyl (C=O) groups is 1. The highest BCUT2D eigenvalue weighted by Crippen LogP contribution is 2.28. The van der Waals surface area contributed by atoms with Crippen LogP contribution in [0.3, 0.4) is 0 Å². The van der Waals surface area contributed by atoms with Gasteiger partial charge in [-0.1, -0.05) is 35.0 Å². The average molecular weight is 319 g/mol. The van der Waals surface area contributed by atoms with E-state index >= 15 is 0 Å². The minimum atomic E-state index is 0.123. The lowest BCUT2D eigenvalue weighted by Gasteiger charge is -2.09. The van der Waals surface area contributed by atoms with Crippen molar-refractivity contribution >= 4 is 21.7 Å². The molecule has 0 saturated heterocycles. The van der Waals surface area contributed by atoms with Gasteiger partial charge in [-0.3, -0.25) is 4.79 Å². The Labute approximate surface area is 121 Å². The van der Waals surface area contributed by atoms with Crippen LogP contribution in [0, 0.1) is 6.92 Å². The van der Waals surface area contributed by atoms with Crippen molar-refractivity contribution in [1.82, 2.24) is 0 Å². The number of hydrogen-bond donors (Lipinski definition) is 0. The number of ether oxygens (including phenoxy) is 1. The summed E-state index contributed by atoms with van der Waals surface area (Å²) >= 11 is 3.42. The van der Waals surface area contributed by atoms with Crippen LogP contribution in [0.4, 0.5) is 0 Å². The molecule has 0 aromatic heterocycles. The van der Waals surface area contributed by atoms with E-state index in [1.807, 2.05) is 50.2 Å². The van der Waals surface area contributed by atoms with Crippen LogP contribution in [-0.4, -0.2) is 5.78 Å². The number of halogens is 1. The van der Waals surface area contributed by atoms with Crippen molar-refractivity contribution in [3.63, 3.8) is 0 Å². The topological polar surface area (TPSA) is 26.3 Å². The molecule has 3 heteroatoms. The SMILES string of the molecule is CCC(=O)c1cccc(Oc2ccc(Br)cc2C)c1. The maximum absolute atomic E-state index is 11.7. The van der Waals surface area contributed by atoms with E-state index in [1.54, 1.807) is 6.07 Å². The van der Waals surface area contributed by atoms with E-state index in [-0.39, 0.29) is 5.78 Å². The Balaban J connectivity index is 2.26. The molecule has 0 spiro atoms. The Morgan fingerprint density at radius 1 is 1.21 bits per heavy atom. The highest BCUT2D eigenvalue weighted by molar-refractivity contribution is 9.10. The van der Waals surface area contributed by atoms with Crippen LogP contribution >= 0.6 is 15.9 Å². The standard InChI is InChI=1S/C16H15BrO2/c1-3-15(18)12-5-4-6-14(10-12)19-16-8-7-13(17)9-11(16)2/h4-10H,3H2,1-2H3. The van der Waals surface area contributed by atoms with Crippen LogP contribution < -0.4 is 4.74 Å². The maximum Gasteiger partial charge on any atom is 0.162 e. The van der Waals surface area contributed by atoms with E-state index in [0.29, 0.717) is 17.7 Å². The quantitative estimate of drug-likeness (QED) is 0.729. The zero-order valence-electron chi connectivity index (χ0n) is 10.9. The number of benzene rings is 2. The second kappa shape index (κ2) is 6.02. The van der Waals surface area contributed by atoms with Crippen LogP contribution in [0.1, 0.15) is 29.3 Å². The monoisotopic (exact) mass is 318 g/mol. The number of aryl methyl sites for hydroxylation is 1. The smallest absolute Gasteiger partial charge is 0.162 e. The predicted molar refractivity (Wildman–Crippen MR) is 80.0 cm³/mol. The summed E-state index contributed by atoms with van der Waals surface area (Å²) in [6.45, 7) is 3.84. The van der Waals surface area contributed by atoms with Gasteiger partial charge in [0.2, 0.25) is 0 Å². The number of carbonyl (C=O) groups excluding carboxylic acids is 1. The first-order valence-electron chi connectivity index (χ1n) is 6.17. The van der Waals surface area contributed by atoms with Crippen LogP contribution in [0.25, 0.3) is 0 Å². The third kappa shape index (κ3) is 3.44. The van der Waals surface area contributed by atoms with Crippen LogP contribution in [-0.2, 0) is 0 Å². The summed E-state index contributed by atoms with van der Waals surface area (Å²) < 4.78 is 6.85. The molecule has 0 saturated carbocycles. The second-order valence-corrected chi connectivity index (χ2v) is 5.23. The first-order valence-corrected chi connectivity index (χ1v) is 6.96. The molecule has 0 N–H and O–H groups in total. The fraction of sp³-hybridized carbons (Fsp3) is 0.188.